The minimum absolute atomic E-state index is 0. The summed E-state index contributed by atoms with van der Waals surface area (Å²) >= 11 is 0. The fourth-order valence-electron chi connectivity index (χ4n) is 0.275. The van der Waals surface area contributed by atoms with E-state index in [4.69, 9.17) is 4.55 Å². The maximum atomic E-state index is 10.1. The van der Waals surface area contributed by atoms with Crippen LogP contribution in [0.25, 0.3) is 0 Å². The molecule has 0 atom stereocenters. The maximum absolute atomic E-state index is 10.1. The molecule has 0 fully saturated rings. The average molecular weight is 187 g/mol. The molecule has 0 aromatic carbocycles. The molecule has 8 heteroatoms. The van der Waals surface area contributed by atoms with Crippen LogP contribution in [0.1, 0.15) is 0 Å². The van der Waals surface area contributed by atoms with Gasteiger partial charge in [0.1, 0.15) is 0 Å². The summed E-state index contributed by atoms with van der Waals surface area (Å²) in [6.07, 6.45) is 0.809. The van der Waals surface area contributed by atoms with Crippen LogP contribution >= 0.6 is 12.4 Å². The smallest absolute Gasteiger partial charge is 0.363 e. The Hall–Kier alpha value is -0.660. The molecule has 1 aromatic rings. The van der Waals surface area contributed by atoms with E-state index in [0.717, 1.165) is 6.39 Å². The molecular weight excluding hydrogens is 184 g/mol. The third kappa shape index (κ3) is 1.94. The molecule has 1 N–H and O–H groups in total. The predicted octanol–water partition coefficient (Wildman–Crippen LogP) is -0.262. The number of nitrogens with zero attached hydrogens (tertiary/aromatic N) is 2. The third-order valence-electron chi connectivity index (χ3n) is 0.561. The molecule has 0 saturated carbocycles. The highest BCUT2D eigenvalue weighted by Gasteiger charge is 2.14. The first kappa shape index (κ1) is 9.34. The van der Waals surface area contributed by atoms with Crippen molar-refractivity contribution < 1.29 is 17.4 Å². The van der Waals surface area contributed by atoms with Crippen LogP contribution in [0.2, 0.25) is 0 Å². The summed E-state index contributed by atoms with van der Waals surface area (Å²) in [7, 11) is -4.30. The van der Waals surface area contributed by atoms with Gasteiger partial charge in [-0.25, -0.2) is 0 Å². The number of rotatable bonds is 1. The van der Waals surface area contributed by atoms with Gasteiger partial charge in [-0.15, -0.1) is 17.5 Å². The standard InChI is InChI=1S/C2H2N2O4S.ClH/c5-9(6,7)2-4-3-1-8-2;/h1H,(H,5,6,7);1H. The first-order chi connectivity index (χ1) is 4.11. The molecule has 0 aliphatic carbocycles. The fraction of sp³-hybridized carbons (Fsp3) is 0. The Bertz CT molecular complexity index is 278. The minimum Gasteiger partial charge on any atom is -0.414 e. The quantitative estimate of drug-likeness (QED) is 0.608. The summed E-state index contributed by atoms with van der Waals surface area (Å²) in [5.74, 6) is 0. The minimum atomic E-state index is -4.30. The van der Waals surface area contributed by atoms with Crippen molar-refractivity contribution in [1.29, 1.82) is 0 Å². The molecule has 0 radical (unpaired) electrons. The van der Waals surface area contributed by atoms with E-state index in [0.29, 0.717) is 0 Å². The summed E-state index contributed by atoms with van der Waals surface area (Å²) in [6.45, 7) is 0. The van der Waals surface area contributed by atoms with E-state index < -0.39 is 15.3 Å². The van der Waals surface area contributed by atoms with Crippen molar-refractivity contribution in [3.8, 4) is 0 Å². The van der Waals surface area contributed by atoms with Crippen LogP contribution in [0.4, 0.5) is 0 Å². The Kier molecular flexibility index (Phi) is 2.76. The Morgan fingerprint density at radius 1 is 1.60 bits per heavy atom. The zero-order chi connectivity index (χ0) is 6.91. The second-order valence-corrected chi connectivity index (χ2v) is 2.48. The van der Waals surface area contributed by atoms with Crippen LogP contribution < -0.4 is 0 Å². The first-order valence-corrected chi connectivity index (χ1v) is 3.28. The molecule has 0 aliphatic heterocycles. The van der Waals surface area contributed by atoms with Crippen molar-refractivity contribution in [1.82, 2.24) is 10.2 Å². The molecule has 0 spiro atoms. The molecule has 0 amide bonds. The largest absolute Gasteiger partial charge is 0.414 e. The van der Waals surface area contributed by atoms with E-state index in [-0.39, 0.29) is 12.4 Å². The zero-order valence-electron chi connectivity index (χ0n) is 4.46. The second-order valence-electron chi connectivity index (χ2n) is 1.18. The van der Waals surface area contributed by atoms with E-state index in [1.165, 1.54) is 0 Å². The molecule has 0 bridgehead atoms. The van der Waals surface area contributed by atoms with Crippen molar-refractivity contribution in [3.05, 3.63) is 6.39 Å². The average Bonchev–Trinajstić information content (AvgIpc) is 2.08. The lowest BCUT2D eigenvalue weighted by Gasteiger charge is -1.81. The van der Waals surface area contributed by atoms with E-state index in [1.807, 2.05) is 0 Å². The first-order valence-electron chi connectivity index (χ1n) is 1.84. The normalized spacial score (nSPS) is 10.5. The van der Waals surface area contributed by atoms with Gasteiger partial charge >= 0.3 is 15.3 Å². The SMILES string of the molecule is Cl.O=S(=O)(O)c1nnco1. The van der Waals surface area contributed by atoms with Crippen LogP contribution in [0, 0.1) is 0 Å². The van der Waals surface area contributed by atoms with Gasteiger partial charge in [-0.3, -0.25) is 4.55 Å². The third-order valence-corrected chi connectivity index (χ3v) is 1.18. The highest BCUT2D eigenvalue weighted by atomic mass is 35.5. The molecule has 0 unspecified atom stereocenters. The van der Waals surface area contributed by atoms with Crippen molar-refractivity contribution in [2.75, 3.05) is 0 Å². The van der Waals surface area contributed by atoms with Crippen LogP contribution in [0.15, 0.2) is 16.0 Å². The highest BCUT2D eigenvalue weighted by Crippen LogP contribution is 1.99. The van der Waals surface area contributed by atoms with Gasteiger partial charge < -0.3 is 4.42 Å². The van der Waals surface area contributed by atoms with Crippen LogP contribution in [-0.4, -0.2) is 23.2 Å². The van der Waals surface area contributed by atoms with Crippen molar-refractivity contribution in [3.63, 3.8) is 0 Å². The van der Waals surface area contributed by atoms with Crippen LogP contribution in [-0.2, 0) is 10.1 Å². The molecule has 10 heavy (non-hydrogen) atoms. The Labute approximate surface area is 62.4 Å². The molecule has 0 aliphatic rings. The lowest BCUT2D eigenvalue weighted by Crippen LogP contribution is -1.97. The summed E-state index contributed by atoms with van der Waals surface area (Å²) in [4.78, 5) is 0. The lowest BCUT2D eigenvalue weighted by atomic mass is 11.5. The molecule has 1 aromatic heterocycles. The van der Waals surface area contributed by atoms with Gasteiger partial charge in [-0.1, -0.05) is 5.10 Å². The lowest BCUT2D eigenvalue weighted by molar-refractivity contribution is 0.391. The van der Waals surface area contributed by atoms with E-state index in [2.05, 4.69) is 14.6 Å². The van der Waals surface area contributed by atoms with Gasteiger partial charge in [0.25, 0.3) is 0 Å². The number of hydrogen-bond donors (Lipinski definition) is 1. The van der Waals surface area contributed by atoms with Gasteiger partial charge in [-0.2, -0.15) is 8.42 Å². The molecule has 6 nitrogen and oxygen atoms in total. The highest BCUT2D eigenvalue weighted by molar-refractivity contribution is 7.85. The Morgan fingerprint density at radius 2 is 2.20 bits per heavy atom. The number of hydrogen-bond acceptors (Lipinski definition) is 5. The number of halogens is 1. The van der Waals surface area contributed by atoms with Crippen molar-refractivity contribution in [2.24, 2.45) is 0 Å². The van der Waals surface area contributed by atoms with Gasteiger partial charge in [0, 0.05) is 0 Å². The van der Waals surface area contributed by atoms with Gasteiger partial charge in [0.05, 0.1) is 0 Å². The Balaban J connectivity index is 0.000000810. The van der Waals surface area contributed by atoms with E-state index >= 15 is 0 Å². The van der Waals surface area contributed by atoms with E-state index in [9.17, 15) is 8.42 Å². The molecule has 1 rings (SSSR count). The maximum Gasteiger partial charge on any atom is 0.363 e. The second kappa shape index (κ2) is 2.95. The van der Waals surface area contributed by atoms with Gasteiger partial charge in [0.2, 0.25) is 6.39 Å². The van der Waals surface area contributed by atoms with E-state index in [1.54, 1.807) is 0 Å². The van der Waals surface area contributed by atoms with Crippen molar-refractivity contribution in [2.45, 2.75) is 5.22 Å². The fourth-order valence-corrected chi connectivity index (χ4v) is 0.590. The summed E-state index contributed by atoms with van der Waals surface area (Å²) in [5.41, 5.74) is 0. The molecular formula is C2H3ClN2O4S. The molecule has 0 saturated heterocycles. The summed E-state index contributed by atoms with van der Waals surface area (Å²) in [5, 5.41) is 5.18. The van der Waals surface area contributed by atoms with Crippen LogP contribution in [0.3, 0.4) is 0 Å². The van der Waals surface area contributed by atoms with Gasteiger partial charge in [-0.05, 0) is 0 Å². The summed E-state index contributed by atoms with van der Waals surface area (Å²) < 4.78 is 32.4. The molecule has 1 heterocycles. The van der Waals surface area contributed by atoms with Gasteiger partial charge in [0.15, 0.2) is 0 Å². The zero-order valence-corrected chi connectivity index (χ0v) is 6.09. The number of aromatic nitrogens is 2. The summed E-state index contributed by atoms with van der Waals surface area (Å²) in [6, 6.07) is 0. The predicted molar refractivity (Wildman–Crippen MR) is 31.4 cm³/mol. The van der Waals surface area contributed by atoms with Crippen LogP contribution in [0.5, 0.6) is 0 Å². The monoisotopic (exact) mass is 186 g/mol. The Morgan fingerprint density at radius 3 is 2.40 bits per heavy atom. The topological polar surface area (TPSA) is 93.3 Å². The van der Waals surface area contributed by atoms with Crippen molar-refractivity contribution >= 4 is 22.5 Å². The molecule has 58 valence electrons.